The molecule has 18 heavy (non-hydrogen) atoms. The summed E-state index contributed by atoms with van der Waals surface area (Å²) < 4.78 is 19.4. The first kappa shape index (κ1) is 12.0. The Kier molecular flexibility index (Phi) is 3.50. The molecule has 0 spiro atoms. The molecule has 1 aliphatic heterocycles. The fraction of sp³-hybridized carbons (Fsp3) is 0.600. The summed E-state index contributed by atoms with van der Waals surface area (Å²) in [6.45, 7) is 1.70. The topological polar surface area (TPSA) is 21.3 Å². The number of piperidine rings is 1. The highest BCUT2D eigenvalue weighted by atomic mass is 19.1. The average molecular weight is 249 g/mol. The van der Waals surface area contributed by atoms with Crippen LogP contribution in [0.15, 0.2) is 18.2 Å². The molecule has 2 fully saturated rings. The largest absolute Gasteiger partial charge is 0.490 e. The van der Waals surface area contributed by atoms with Gasteiger partial charge in [0, 0.05) is 6.04 Å². The summed E-state index contributed by atoms with van der Waals surface area (Å²) in [4.78, 5) is 0. The minimum Gasteiger partial charge on any atom is -0.490 e. The molecule has 0 amide bonds. The molecule has 1 N–H and O–H groups in total. The molecule has 1 heterocycles. The van der Waals surface area contributed by atoms with E-state index in [-0.39, 0.29) is 5.82 Å². The fourth-order valence-corrected chi connectivity index (χ4v) is 2.48. The van der Waals surface area contributed by atoms with E-state index in [9.17, 15) is 4.39 Å². The van der Waals surface area contributed by atoms with Crippen molar-refractivity contribution in [3.05, 3.63) is 29.6 Å². The number of ether oxygens (including phenoxy) is 1. The molecule has 0 radical (unpaired) electrons. The standard InChI is InChI=1S/C15H20FNO/c16-13-9-12(14-3-1-2-8-17-14)6-7-15(13)18-10-11-4-5-11/h6-7,9,11,14,17H,1-5,8,10H2. The molecule has 0 bridgehead atoms. The highest BCUT2D eigenvalue weighted by Gasteiger charge is 2.23. The Morgan fingerprint density at radius 3 is 2.78 bits per heavy atom. The third kappa shape index (κ3) is 2.83. The summed E-state index contributed by atoms with van der Waals surface area (Å²) in [5.74, 6) is 0.839. The van der Waals surface area contributed by atoms with Crippen molar-refractivity contribution in [3.8, 4) is 5.75 Å². The third-order valence-electron chi connectivity index (χ3n) is 3.84. The molecule has 1 aliphatic carbocycles. The summed E-state index contributed by atoms with van der Waals surface area (Å²) >= 11 is 0. The number of hydrogen-bond donors (Lipinski definition) is 1. The quantitative estimate of drug-likeness (QED) is 0.882. The first-order valence-electron chi connectivity index (χ1n) is 6.98. The molecule has 1 atom stereocenters. The van der Waals surface area contributed by atoms with Gasteiger partial charge in [0.1, 0.15) is 0 Å². The lowest BCUT2D eigenvalue weighted by atomic mass is 9.97. The van der Waals surface area contributed by atoms with Gasteiger partial charge in [0.05, 0.1) is 6.61 Å². The lowest BCUT2D eigenvalue weighted by molar-refractivity contribution is 0.285. The first-order valence-corrected chi connectivity index (χ1v) is 6.98. The molecule has 98 valence electrons. The zero-order valence-corrected chi connectivity index (χ0v) is 10.6. The van der Waals surface area contributed by atoms with E-state index < -0.39 is 0 Å². The van der Waals surface area contributed by atoms with Gasteiger partial charge in [0.2, 0.25) is 0 Å². The first-order chi connectivity index (χ1) is 8.83. The Morgan fingerprint density at radius 2 is 2.11 bits per heavy atom. The number of hydrogen-bond acceptors (Lipinski definition) is 2. The zero-order chi connectivity index (χ0) is 12.4. The van der Waals surface area contributed by atoms with E-state index in [1.807, 2.05) is 6.07 Å². The van der Waals surface area contributed by atoms with Crippen LogP contribution in [-0.2, 0) is 0 Å². The molecule has 3 rings (SSSR count). The Balaban J connectivity index is 1.66. The van der Waals surface area contributed by atoms with Gasteiger partial charge in [0.15, 0.2) is 11.6 Å². The summed E-state index contributed by atoms with van der Waals surface area (Å²) in [5.41, 5.74) is 1.05. The minimum atomic E-state index is -0.222. The molecule has 1 aromatic rings. The van der Waals surface area contributed by atoms with Gasteiger partial charge >= 0.3 is 0 Å². The van der Waals surface area contributed by atoms with E-state index in [0.717, 1.165) is 18.5 Å². The second-order valence-corrected chi connectivity index (χ2v) is 5.45. The average Bonchev–Trinajstić information content (AvgIpc) is 3.22. The molecule has 3 heteroatoms. The number of rotatable bonds is 4. The summed E-state index contributed by atoms with van der Waals surface area (Å²) in [7, 11) is 0. The molecule has 2 aliphatic rings. The monoisotopic (exact) mass is 249 g/mol. The maximum atomic E-state index is 13.9. The van der Waals surface area contributed by atoms with Gasteiger partial charge in [-0.25, -0.2) is 4.39 Å². The van der Waals surface area contributed by atoms with E-state index in [1.54, 1.807) is 12.1 Å². The smallest absolute Gasteiger partial charge is 0.165 e. The van der Waals surface area contributed by atoms with Crippen LogP contribution in [0, 0.1) is 11.7 Å². The highest BCUT2D eigenvalue weighted by Crippen LogP contribution is 2.31. The van der Waals surface area contributed by atoms with Crippen LogP contribution in [0.1, 0.15) is 43.7 Å². The zero-order valence-electron chi connectivity index (χ0n) is 10.6. The van der Waals surface area contributed by atoms with Gasteiger partial charge in [-0.05, 0) is 55.8 Å². The van der Waals surface area contributed by atoms with Gasteiger partial charge in [-0.1, -0.05) is 12.5 Å². The Labute approximate surface area is 108 Å². The van der Waals surface area contributed by atoms with Crippen LogP contribution in [0.4, 0.5) is 4.39 Å². The van der Waals surface area contributed by atoms with Crippen LogP contribution in [0.2, 0.25) is 0 Å². The molecule has 2 nitrogen and oxygen atoms in total. The van der Waals surface area contributed by atoms with Crippen molar-refractivity contribution in [1.82, 2.24) is 5.32 Å². The lowest BCUT2D eigenvalue weighted by Gasteiger charge is -2.24. The van der Waals surface area contributed by atoms with E-state index in [4.69, 9.17) is 4.74 Å². The summed E-state index contributed by atoms with van der Waals surface area (Å²) in [6, 6.07) is 5.72. The lowest BCUT2D eigenvalue weighted by Crippen LogP contribution is -2.26. The van der Waals surface area contributed by atoms with Gasteiger partial charge in [-0.2, -0.15) is 0 Å². The normalized spacial score (nSPS) is 23.9. The van der Waals surface area contributed by atoms with Gasteiger partial charge in [-0.3, -0.25) is 0 Å². The maximum Gasteiger partial charge on any atom is 0.165 e. The second-order valence-electron chi connectivity index (χ2n) is 5.45. The summed E-state index contributed by atoms with van der Waals surface area (Å²) in [5, 5.41) is 3.43. The SMILES string of the molecule is Fc1cc(C2CCCCN2)ccc1OCC1CC1. The molecular formula is C15H20FNO. The van der Waals surface area contributed by atoms with E-state index in [1.165, 1.54) is 25.7 Å². The number of nitrogens with one attached hydrogen (secondary N) is 1. The predicted octanol–water partition coefficient (Wildman–Crippen LogP) is 3.43. The van der Waals surface area contributed by atoms with Crippen molar-refractivity contribution in [1.29, 1.82) is 0 Å². The summed E-state index contributed by atoms with van der Waals surface area (Å²) in [6.07, 6.45) is 6.00. The number of halogens is 1. The Bertz CT molecular complexity index is 411. The molecule has 1 unspecified atom stereocenters. The van der Waals surface area contributed by atoms with E-state index >= 15 is 0 Å². The van der Waals surface area contributed by atoms with Crippen molar-refractivity contribution in [2.45, 2.75) is 38.1 Å². The molecule has 1 aromatic carbocycles. The molecule has 0 aromatic heterocycles. The van der Waals surface area contributed by atoms with E-state index in [0.29, 0.717) is 24.3 Å². The Morgan fingerprint density at radius 1 is 1.22 bits per heavy atom. The third-order valence-corrected chi connectivity index (χ3v) is 3.84. The second kappa shape index (κ2) is 5.27. The van der Waals surface area contributed by atoms with Gasteiger partial charge in [-0.15, -0.1) is 0 Å². The van der Waals surface area contributed by atoms with Crippen molar-refractivity contribution in [3.63, 3.8) is 0 Å². The molecular weight excluding hydrogens is 229 g/mol. The predicted molar refractivity (Wildman–Crippen MR) is 69.2 cm³/mol. The number of benzene rings is 1. The van der Waals surface area contributed by atoms with Crippen LogP contribution in [0.5, 0.6) is 5.75 Å². The van der Waals surface area contributed by atoms with Gasteiger partial charge in [0.25, 0.3) is 0 Å². The van der Waals surface area contributed by atoms with Crippen LogP contribution < -0.4 is 10.1 Å². The highest BCUT2D eigenvalue weighted by molar-refractivity contribution is 5.31. The maximum absolute atomic E-state index is 13.9. The van der Waals surface area contributed by atoms with Crippen molar-refractivity contribution in [2.24, 2.45) is 5.92 Å². The van der Waals surface area contributed by atoms with Crippen LogP contribution in [0.3, 0.4) is 0 Å². The Hall–Kier alpha value is -1.09. The molecule has 1 saturated carbocycles. The fourth-order valence-electron chi connectivity index (χ4n) is 2.48. The van der Waals surface area contributed by atoms with Crippen molar-refractivity contribution in [2.75, 3.05) is 13.2 Å². The molecule has 1 saturated heterocycles. The minimum absolute atomic E-state index is 0.222. The van der Waals surface area contributed by atoms with Crippen molar-refractivity contribution < 1.29 is 9.13 Å². The van der Waals surface area contributed by atoms with Crippen LogP contribution >= 0.6 is 0 Å². The van der Waals surface area contributed by atoms with Crippen LogP contribution in [0.25, 0.3) is 0 Å². The van der Waals surface area contributed by atoms with Crippen LogP contribution in [-0.4, -0.2) is 13.2 Å². The van der Waals surface area contributed by atoms with Crippen molar-refractivity contribution >= 4 is 0 Å². The van der Waals surface area contributed by atoms with Gasteiger partial charge < -0.3 is 10.1 Å². The van der Waals surface area contributed by atoms with E-state index in [2.05, 4.69) is 5.32 Å².